The molecule has 1 aromatic heterocycles. The maximum atomic E-state index is 11.0. The van der Waals surface area contributed by atoms with Crippen LogP contribution in [-0.4, -0.2) is 31.5 Å². The highest BCUT2D eigenvalue weighted by atomic mass is 32.2. The second-order valence-electron chi connectivity index (χ2n) is 3.73. The Bertz CT molecular complexity index is 412. The fourth-order valence-electron chi connectivity index (χ4n) is 1.28. The van der Waals surface area contributed by atoms with Crippen LogP contribution in [0, 0.1) is 6.92 Å². The van der Waals surface area contributed by atoms with E-state index in [0.29, 0.717) is 6.54 Å². The standard InChI is InChI=1S/C9H16N2O2S2/c1-7(6-15(3,12)13)10-4-9-5-14-8(2)11-9/h5,7,10H,4,6H2,1-3H3. The van der Waals surface area contributed by atoms with Crippen molar-refractivity contribution in [1.82, 2.24) is 10.3 Å². The third-order valence-corrected chi connectivity index (χ3v) is 3.78. The van der Waals surface area contributed by atoms with Crippen molar-refractivity contribution in [3.8, 4) is 0 Å². The summed E-state index contributed by atoms with van der Waals surface area (Å²) in [5.41, 5.74) is 0.970. The van der Waals surface area contributed by atoms with Gasteiger partial charge in [-0.25, -0.2) is 13.4 Å². The average Bonchev–Trinajstić information content (AvgIpc) is 2.45. The molecule has 0 amide bonds. The first-order valence-electron chi connectivity index (χ1n) is 4.69. The summed E-state index contributed by atoms with van der Waals surface area (Å²) < 4.78 is 22.0. The zero-order valence-electron chi connectivity index (χ0n) is 9.15. The van der Waals surface area contributed by atoms with Crippen LogP contribution in [0.4, 0.5) is 0 Å². The lowest BCUT2D eigenvalue weighted by Gasteiger charge is -2.10. The van der Waals surface area contributed by atoms with E-state index < -0.39 is 9.84 Å². The zero-order chi connectivity index (χ0) is 11.5. The topological polar surface area (TPSA) is 59.1 Å². The van der Waals surface area contributed by atoms with Crippen molar-refractivity contribution < 1.29 is 8.42 Å². The predicted molar refractivity (Wildman–Crippen MR) is 62.9 cm³/mol. The monoisotopic (exact) mass is 248 g/mol. The lowest BCUT2D eigenvalue weighted by molar-refractivity contribution is 0.557. The van der Waals surface area contributed by atoms with Gasteiger partial charge in [-0.3, -0.25) is 0 Å². The summed E-state index contributed by atoms with van der Waals surface area (Å²) in [5.74, 6) is 0.163. The van der Waals surface area contributed by atoms with E-state index in [2.05, 4.69) is 10.3 Å². The third kappa shape index (κ3) is 5.25. The number of thiazole rings is 1. The van der Waals surface area contributed by atoms with Crippen molar-refractivity contribution in [3.05, 3.63) is 16.1 Å². The van der Waals surface area contributed by atoms with Gasteiger partial charge >= 0.3 is 0 Å². The van der Waals surface area contributed by atoms with Crippen molar-refractivity contribution in [1.29, 1.82) is 0 Å². The Labute approximate surface area is 94.7 Å². The quantitative estimate of drug-likeness (QED) is 0.843. The molecule has 0 spiro atoms. The Hall–Kier alpha value is -0.460. The van der Waals surface area contributed by atoms with Crippen LogP contribution in [0.5, 0.6) is 0 Å². The summed E-state index contributed by atoms with van der Waals surface area (Å²) >= 11 is 1.60. The van der Waals surface area contributed by atoms with E-state index in [4.69, 9.17) is 0 Å². The number of hydrogen-bond donors (Lipinski definition) is 1. The van der Waals surface area contributed by atoms with Crippen molar-refractivity contribution in [3.63, 3.8) is 0 Å². The number of hydrogen-bond acceptors (Lipinski definition) is 5. The highest BCUT2D eigenvalue weighted by molar-refractivity contribution is 7.90. The van der Waals surface area contributed by atoms with Gasteiger partial charge in [-0.2, -0.15) is 0 Å². The predicted octanol–water partition coefficient (Wildman–Crippen LogP) is 0.974. The highest BCUT2D eigenvalue weighted by Gasteiger charge is 2.10. The number of sulfone groups is 1. The van der Waals surface area contributed by atoms with Gasteiger partial charge in [0.25, 0.3) is 0 Å². The molecular weight excluding hydrogens is 232 g/mol. The second-order valence-corrected chi connectivity index (χ2v) is 6.98. The van der Waals surface area contributed by atoms with E-state index in [1.165, 1.54) is 6.26 Å². The molecule has 0 bridgehead atoms. The van der Waals surface area contributed by atoms with Crippen LogP contribution >= 0.6 is 11.3 Å². The van der Waals surface area contributed by atoms with Crippen LogP contribution in [-0.2, 0) is 16.4 Å². The largest absolute Gasteiger partial charge is 0.308 e. The summed E-state index contributed by atoms with van der Waals surface area (Å²) in [5, 5.41) is 6.15. The van der Waals surface area contributed by atoms with Crippen LogP contribution in [0.25, 0.3) is 0 Å². The van der Waals surface area contributed by atoms with Gasteiger partial charge in [-0.1, -0.05) is 0 Å². The smallest absolute Gasteiger partial charge is 0.148 e. The normalized spacial score (nSPS) is 14.1. The van der Waals surface area contributed by atoms with Crippen LogP contribution in [0.2, 0.25) is 0 Å². The molecule has 1 aromatic rings. The summed E-state index contributed by atoms with van der Waals surface area (Å²) in [6.07, 6.45) is 1.25. The molecule has 0 aliphatic rings. The lowest BCUT2D eigenvalue weighted by atomic mass is 10.3. The van der Waals surface area contributed by atoms with Gasteiger partial charge in [0, 0.05) is 24.2 Å². The number of aryl methyl sites for hydroxylation is 1. The molecule has 1 atom stereocenters. The van der Waals surface area contributed by atoms with Gasteiger partial charge in [0.15, 0.2) is 0 Å². The number of nitrogens with zero attached hydrogens (tertiary/aromatic N) is 1. The highest BCUT2D eigenvalue weighted by Crippen LogP contribution is 2.07. The van der Waals surface area contributed by atoms with E-state index in [9.17, 15) is 8.42 Å². The molecular formula is C9H16N2O2S2. The fraction of sp³-hybridized carbons (Fsp3) is 0.667. The molecule has 86 valence electrons. The Balaban J connectivity index is 2.37. The van der Waals surface area contributed by atoms with E-state index in [0.717, 1.165) is 10.7 Å². The molecule has 15 heavy (non-hydrogen) atoms. The summed E-state index contributed by atoms with van der Waals surface area (Å²) in [6, 6.07) is -0.0398. The van der Waals surface area contributed by atoms with Gasteiger partial charge in [-0.05, 0) is 13.8 Å². The third-order valence-electron chi connectivity index (χ3n) is 1.85. The lowest BCUT2D eigenvalue weighted by Crippen LogP contribution is -2.32. The molecule has 0 saturated carbocycles. The maximum absolute atomic E-state index is 11.0. The van der Waals surface area contributed by atoms with Crippen molar-refractivity contribution in [2.75, 3.05) is 12.0 Å². The minimum Gasteiger partial charge on any atom is -0.308 e. The van der Waals surface area contributed by atoms with Gasteiger partial charge in [0.05, 0.1) is 16.5 Å². The van der Waals surface area contributed by atoms with Gasteiger partial charge in [0.2, 0.25) is 0 Å². The number of aromatic nitrogens is 1. The minimum atomic E-state index is -2.90. The first-order valence-corrected chi connectivity index (χ1v) is 7.63. The molecule has 0 aromatic carbocycles. The van der Waals surface area contributed by atoms with Crippen LogP contribution < -0.4 is 5.32 Å². The molecule has 0 radical (unpaired) electrons. The van der Waals surface area contributed by atoms with Crippen LogP contribution in [0.3, 0.4) is 0 Å². The molecule has 0 saturated heterocycles. The molecule has 0 fully saturated rings. The first kappa shape index (κ1) is 12.6. The number of nitrogens with one attached hydrogen (secondary N) is 1. The first-order chi connectivity index (χ1) is 6.87. The number of rotatable bonds is 5. The van der Waals surface area contributed by atoms with Gasteiger partial charge in [0.1, 0.15) is 9.84 Å². The van der Waals surface area contributed by atoms with Gasteiger partial charge in [-0.15, -0.1) is 11.3 Å². The van der Waals surface area contributed by atoms with E-state index in [1.54, 1.807) is 11.3 Å². The second kappa shape index (κ2) is 5.05. The fourth-order valence-corrected chi connectivity index (χ4v) is 2.92. The van der Waals surface area contributed by atoms with E-state index in [1.807, 2.05) is 19.2 Å². The maximum Gasteiger partial charge on any atom is 0.148 e. The summed E-state index contributed by atoms with van der Waals surface area (Å²) in [6.45, 7) is 4.44. The molecule has 1 unspecified atom stereocenters. The molecule has 1 rings (SSSR count). The molecule has 0 aliphatic carbocycles. The Morgan fingerprint density at radius 2 is 2.27 bits per heavy atom. The van der Waals surface area contributed by atoms with Crippen molar-refractivity contribution in [2.24, 2.45) is 0 Å². The SMILES string of the molecule is Cc1nc(CNC(C)CS(C)(=O)=O)cs1. The van der Waals surface area contributed by atoms with Crippen molar-refractivity contribution >= 4 is 21.2 Å². The summed E-state index contributed by atoms with van der Waals surface area (Å²) in [4.78, 5) is 4.29. The Morgan fingerprint density at radius 3 is 2.73 bits per heavy atom. The van der Waals surface area contributed by atoms with E-state index >= 15 is 0 Å². The molecule has 4 nitrogen and oxygen atoms in total. The van der Waals surface area contributed by atoms with Crippen molar-refractivity contribution in [2.45, 2.75) is 26.4 Å². The van der Waals surface area contributed by atoms with E-state index in [-0.39, 0.29) is 11.8 Å². The zero-order valence-corrected chi connectivity index (χ0v) is 10.8. The average molecular weight is 248 g/mol. The Kier molecular flexibility index (Phi) is 4.24. The molecule has 6 heteroatoms. The van der Waals surface area contributed by atoms with Gasteiger partial charge < -0.3 is 5.32 Å². The minimum absolute atomic E-state index is 0.0398. The molecule has 1 heterocycles. The summed E-state index contributed by atoms with van der Waals surface area (Å²) in [7, 11) is -2.90. The molecule has 0 aliphatic heterocycles. The van der Waals surface area contributed by atoms with Crippen LogP contribution in [0.1, 0.15) is 17.6 Å². The van der Waals surface area contributed by atoms with Crippen LogP contribution in [0.15, 0.2) is 5.38 Å². The molecule has 1 N–H and O–H groups in total. The Morgan fingerprint density at radius 1 is 1.60 bits per heavy atom.